The standard InChI is InChI=1S/C19H22BrNO2/c1-2-3-11-23-18-12-16(13-7-9-14(20)10-8-13)21-19-15(18)5-4-6-17(19)22/h4-10,16,18,21-22H,2-3,11-12H2,1H3/t16-,18-/m1/s1. The summed E-state index contributed by atoms with van der Waals surface area (Å²) in [6.45, 7) is 2.92. The molecule has 1 aliphatic heterocycles. The van der Waals surface area contributed by atoms with Crippen molar-refractivity contribution in [3.8, 4) is 5.75 Å². The highest BCUT2D eigenvalue weighted by atomic mass is 79.9. The third-order valence-electron chi connectivity index (χ3n) is 4.28. The third kappa shape index (κ3) is 3.70. The van der Waals surface area contributed by atoms with E-state index < -0.39 is 0 Å². The molecule has 122 valence electrons. The van der Waals surface area contributed by atoms with E-state index in [9.17, 15) is 5.11 Å². The minimum absolute atomic E-state index is 0.0125. The van der Waals surface area contributed by atoms with Crippen LogP contribution in [0.3, 0.4) is 0 Å². The minimum atomic E-state index is 0.0125. The zero-order chi connectivity index (χ0) is 16.2. The first-order chi connectivity index (χ1) is 11.2. The van der Waals surface area contributed by atoms with Gasteiger partial charge in [0.1, 0.15) is 5.75 Å². The van der Waals surface area contributed by atoms with Crippen LogP contribution in [0.25, 0.3) is 0 Å². The van der Waals surface area contributed by atoms with E-state index in [-0.39, 0.29) is 17.9 Å². The number of anilines is 1. The summed E-state index contributed by atoms with van der Waals surface area (Å²) >= 11 is 3.48. The summed E-state index contributed by atoms with van der Waals surface area (Å²) in [6, 6.07) is 14.1. The van der Waals surface area contributed by atoms with Crippen LogP contribution in [0.2, 0.25) is 0 Å². The maximum absolute atomic E-state index is 10.2. The summed E-state index contributed by atoms with van der Waals surface area (Å²) in [4.78, 5) is 0. The maximum Gasteiger partial charge on any atom is 0.139 e. The van der Waals surface area contributed by atoms with Crippen LogP contribution in [-0.4, -0.2) is 11.7 Å². The van der Waals surface area contributed by atoms with Gasteiger partial charge in [0, 0.05) is 23.1 Å². The third-order valence-corrected chi connectivity index (χ3v) is 4.81. The van der Waals surface area contributed by atoms with Gasteiger partial charge < -0.3 is 15.2 Å². The van der Waals surface area contributed by atoms with Gasteiger partial charge in [-0.15, -0.1) is 0 Å². The Morgan fingerprint density at radius 3 is 2.74 bits per heavy atom. The Kier molecular flexibility index (Phi) is 5.23. The lowest BCUT2D eigenvalue weighted by atomic mass is 9.90. The largest absolute Gasteiger partial charge is 0.506 e. The second kappa shape index (κ2) is 7.37. The molecule has 0 unspecified atom stereocenters. The molecular formula is C19H22BrNO2. The molecule has 3 nitrogen and oxygen atoms in total. The van der Waals surface area contributed by atoms with Crippen LogP contribution in [0.15, 0.2) is 46.9 Å². The topological polar surface area (TPSA) is 41.5 Å². The van der Waals surface area contributed by atoms with Crippen molar-refractivity contribution in [3.05, 3.63) is 58.1 Å². The molecule has 1 heterocycles. The van der Waals surface area contributed by atoms with E-state index in [1.165, 1.54) is 5.56 Å². The molecule has 0 aliphatic carbocycles. The molecule has 0 fully saturated rings. The van der Waals surface area contributed by atoms with Crippen LogP contribution >= 0.6 is 15.9 Å². The van der Waals surface area contributed by atoms with Gasteiger partial charge in [-0.3, -0.25) is 0 Å². The number of halogens is 1. The lowest BCUT2D eigenvalue weighted by molar-refractivity contribution is 0.0387. The zero-order valence-corrected chi connectivity index (χ0v) is 14.8. The number of hydrogen-bond donors (Lipinski definition) is 2. The predicted octanol–water partition coefficient (Wildman–Crippen LogP) is 5.57. The fraction of sp³-hybridized carbons (Fsp3) is 0.368. The SMILES string of the molecule is CCCCO[C@@H]1C[C@H](c2ccc(Br)cc2)Nc2c(O)cccc21. The maximum atomic E-state index is 10.2. The van der Waals surface area contributed by atoms with Crippen LogP contribution in [-0.2, 0) is 4.74 Å². The van der Waals surface area contributed by atoms with Gasteiger partial charge in [0.2, 0.25) is 0 Å². The lowest BCUT2D eigenvalue weighted by Crippen LogP contribution is -2.23. The number of hydrogen-bond acceptors (Lipinski definition) is 3. The van der Waals surface area contributed by atoms with Crippen molar-refractivity contribution < 1.29 is 9.84 Å². The fourth-order valence-electron chi connectivity index (χ4n) is 3.00. The molecule has 0 saturated heterocycles. The van der Waals surface area contributed by atoms with Gasteiger partial charge in [0.25, 0.3) is 0 Å². The number of phenolic OH excluding ortho intramolecular Hbond substituents is 1. The van der Waals surface area contributed by atoms with Gasteiger partial charge in [-0.25, -0.2) is 0 Å². The second-order valence-corrected chi connectivity index (χ2v) is 6.85. The molecule has 0 amide bonds. The monoisotopic (exact) mass is 375 g/mol. The van der Waals surface area contributed by atoms with E-state index in [1.807, 2.05) is 24.3 Å². The van der Waals surface area contributed by atoms with E-state index in [4.69, 9.17) is 4.74 Å². The van der Waals surface area contributed by atoms with Crippen molar-refractivity contribution >= 4 is 21.6 Å². The molecule has 0 aromatic heterocycles. The van der Waals surface area contributed by atoms with Gasteiger partial charge in [-0.05, 0) is 30.2 Å². The number of para-hydroxylation sites is 1. The summed E-state index contributed by atoms with van der Waals surface area (Å²) < 4.78 is 7.19. The summed E-state index contributed by atoms with van der Waals surface area (Å²) in [5.74, 6) is 0.286. The summed E-state index contributed by atoms with van der Waals surface area (Å²) in [6.07, 6.45) is 3.05. The van der Waals surface area contributed by atoms with Crippen LogP contribution in [0.4, 0.5) is 5.69 Å². The van der Waals surface area contributed by atoms with Gasteiger partial charge >= 0.3 is 0 Å². The van der Waals surface area contributed by atoms with Crippen molar-refractivity contribution in [2.24, 2.45) is 0 Å². The smallest absolute Gasteiger partial charge is 0.139 e. The van der Waals surface area contributed by atoms with E-state index >= 15 is 0 Å². The first-order valence-electron chi connectivity index (χ1n) is 8.14. The molecule has 0 bridgehead atoms. The summed E-state index contributed by atoms with van der Waals surface area (Å²) in [7, 11) is 0. The van der Waals surface area contributed by atoms with Gasteiger partial charge in [-0.2, -0.15) is 0 Å². The van der Waals surface area contributed by atoms with Crippen molar-refractivity contribution in [1.29, 1.82) is 0 Å². The average Bonchev–Trinajstić information content (AvgIpc) is 2.56. The molecule has 3 rings (SSSR count). The van der Waals surface area contributed by atoms with Gasteiger partial charge in [0.05, 0.1) is 17.8 Å². The quantitative estimate of drug-likeness (QED) is 0.530. The number of benzene rings is 2. The number of ether oxygens (including phenoxy) is 1. The van der Waals surface area contributed by atoms with Crippen LogP contribution < -0.4 is 5.32 Å². The normalized spacial score (nSPS) is 19.9. The molecule has 4 heteroatoms. The number of fused-ring (bicyclic) bond motifs is 1. The van der Waals surface area contributed by atoms with Gasteiger partial charge in [0.15, 0.2) is 0 Å². The molecule has 2 N–H and O–H groups in total. The van der Waals surface area contributed by atoms with Crippen molar-refractivity contribution in [3.63, 3.8) is 0 Å². The summed E-state index contributed by atoms with van der Waals surface area (Å²) in [5, 5.41) is 13.7. The highest BCUT2D eigenvalue weighted by molar-refractivity contribution is 9.10. The molecule has 23 heavy (non-hydrogen) atoms. The summed E-state index contributed by atoms with van der Waals surface area (Å²) in [5.41, 5.74) is 3.05. The Labute approximate surface area is 145 Å². The fourth-order valence-corrected chi connectivity index (χ4v) is 3.26. The number of rotatable bonds is 5. The molecule has 2 aromatic carbocycles. The molecule has 0 spiro atoms. The second-order valence-electron chi connectivity index (χ2n) is 5.94. The van der Waals surface area contributed by atoms with E-state index in [0.717, 1.165) is 41.6 Å². The van der Waals surface area contributed by atoms with E-state index in [2.05, 4.69) is 40.3 Å². The van der Waals surface area contributed by atoms with Crippen molar-refractivity contribution in [2.75, 3.05) is 11.9 Å². The Morgan fingerprint density at radius 1 is 1.22 bits per heavy atom. The van der Waals surface area contributed by atoms with E-state index in [1.54, 1.807) is 6.07 Å². The Bertz CT molecular complexity index is 657. The number of phenols is 1. The molecule has 0 saturated carbocycles. The minimum Gasteiger partial charge on any atom is -0.506 e. The Hall–Kier alpha value is -1.52. The van der Waals surface area contributed by atoms with Crippen molar-refractivity contribution in [2.45, 2.75) is 38.3 Å². The molecular weight excluding hydrogens is 354 g/mol. The van der Waals surface area contributed by atoms with Crippen LogP contribution in [0.5, 0.6) is 5.75 Å². The lowest BCUT2D eigenvalue weighted by Gasteiger charge is -2.34. The van der Waals surface area contributed by atoms with E-state index in [0.29, 0.717) is 0 Å². The Morgan fingerprint density at radius 2 is 2.00 bits per heavy atom. The predicted molar refractivity (Wildman–Crippen MR) is 96.8 cm³/mol. The molecule has 0 radical (unpaired) electrons. The van der Waals surface area contributed by atoms with Gasteiger partial charge in [-0.1, -0.05) is 53.5 Å². The van der Waals surface area contributed by atoms with Crippen LogP contribution in [0, 0.1) is 0 Å². The highest BCUT2D eigenvalue weighted by Gasteiger charge is 2.29. The highest BCUT2D eigenvalue weighted by Crippen LogP contribution is 2.44. The molecule has 1 aliphatic rings. The first-order valence-corrected chi connectivity index (χ1v) is 8.93. The average molecular weight is 376 g/mol. The number of nitrogens with one attached hydrogen (secondary N) is 1. The first kappa shape index (κ1) is 16.3. The van der Waals surface area contributed by atoms with Crippen LogP contribution in [0.1, 0.15) is 49.5 Å². The molecule has 2 atom stereocenters. The number of unbranched alkanes of at least 4 members (excludes halogenated alkanes) is 1. The molecule has 2 aromatic rings. The Balaban J connectivity index is 1.88. The zero-order valence-electron chi connectivity index (χ0n) is 13.3. The number of aromatic hydroxyl groups is 1. The van der Waals surface area contributed by atoms with Crippen molar-refractivity contribution in [1.82, 2.24) is 0 Å².